The van der Waals surface area contributed by atoms with E-state index in [-0.39, 0.29) is 49.6 Å². The number of phenols is 2. The molecule has 0 atom stereocenters. The Bertz CT molecular complexity index is 1490. The fraction of sp³-hybridized carbons (Fsp3) is 0.172. The number of hydrogen-bond donors (Lipinski definition) is 3. The van der Waals surface area contributed by atoms with Gasteiger partial charge in [-0.3, -0.25) is 0 Å². The van der Waals surface area contributed by atoms with E-state index in [9.17, 15) is 15.0 Å². The highest BCUT2D eigenvalue weighted by Gasteiger charge is 2.18. The third kappa shape index (κ3) is 6.83. The zero-order chi connectivity index (χ0) is 28.5. The summed E-state index contributed by atoms with van der Waals surface area (Å²) in [6, 6.07) is 16.3. The molecule has 3 aromatic carbocycles. The van der Waals surface area contributed by atoms with Crippen LogP contribution in [0.2, 0.25) is 0 Å². The molecule has 0 amide bonds. The van der Waals surface area contributed by atoms with Crippen LogP contribution in [0.25, 0.3) is 34.2 Å². The molecule has 4 rings (SSSR count). The monoisotopic (exact) mass is 545 g/mol. The molecule has 0 spiro atoms. The van der Waals surface area contributed by atoms with Crippen molar-refractivity contribution in [1.82, 2.24) is 15.0 Å². The zero-order valence-corrected chi connectivity index (χ0v) is 21.6. The first-order valence-corrected chi connectivity index (χ1v) is 12.1. The quantitative estimate of drug-likeness (QED) is 0.135. The van der Waals surface area contributed by atoms with E-state index in [2.05, 4.69) is 21.5 Å². The number of aliphatic hydroxyl groups excluding tert-OH is 1. The second-order valence-corrected chi connectivity index (χ2v) is 8.18. The maximum absolute atomic E-state index is 11.2. The molecule has 11 nitrogen and oxygen atoms in total. The third-order valence-corrected chi connectivity index (χ3v) is 5.53. The van der Waals surface area contributed by atoms with Crippen molar-refractivity contribution in [1.29, 1.82) is 0 Å². The summed E-state index contributed by atoms with van der Waals surface area (Å²) in [5, 5.41) is 30.5. The largest absolute Gasteiger partial charge is 0.507 e. The predicted molar refractivity (Wildman–Crippen MR) is 145 cm³/mol. The van der Waals surface area contributed by atoms with Crippen molar-refractivity contribution >= 4 is 5.97 Å². The molecular formula is C29H27N3O8. The van der Waals surface area contributed by atoms with Gasteiger partial charge in [-0.05, 0) is 48.5 Å². The number of esters is 1. The van der Waals surface area contributed by atoms with Gasteiger partial charge >= 0.3 is 5.97 Å². The molecule has 40 heavy (non-hydrogen) atoms. The lowest BCUT2D eigenvalue weighted by Gasteiger charge is -2.12. The van der Waals surface area contributed by atoms with Gasteiger partial charge in [0.2, 0.25) is 0 Å². The minimum absolute atomic E-state index is 0.0166. The Morgan fingerprint density at radius 3 is 1.80 bits per heavy atom. The molecule has 0 aliphatic heterocycles. The summed E-state index contributed by atoms with van der Waals surface area (Å²) in [7, 11) is 1.56. The van der Waals surface area contributed by atoms with Crippen LogP contribution < -0.4 is 14.2 Å². The van der Waals surface area contributed by atoms with Gasteiger partial charge in [-0.1, -0.05) is 6.58 Å². The molecule has 0 saturated carbocycles. The summed E-state index contributed by atoms with van der Waals surface area (Å²) in [5.74, 6) is 1.12. The van der Waals surface area contributed by atoms with Gasteiger partial charge < -0.3 is 34.3 Å². The number of phenolic OH excluding ortho intramolecular Hbond substituents is 2. The summed E-state index contributed by atoms with van der Waals surface area (Å²) in [5.41, 5.74) is 1.26. The molecule has 0 aliphatic carbocycles. The first-order valence-electron chi connectivity index (χ1n) is 12.1. The van der Waals surface area contributed by atoms with Gasteiger partial charge in [0.25, 0.3) is 0 Å². The van der Waals surface area contributed by atoms with E-state index in [4.69, 9.17) is 24.1 Å². The van der Waals surface area contributed by atoms with Crippen molar-refractivity contribution in [2.45, 2.75) is 0 Å². The fourth-order valence-corrected chi connectivity index (χ4v) is 3.59. The molecule has 1 aromatic heterocycles. The third-order valence-electron chi connectivity index (χ3n) is 5.53. The SMILES string of the molecule is C=CC(=O)OCCOc1ccc(-c2nc(-c3ccc(OC)cc3)nc(-c3ccc(OCCO)cc3O)n2)c(O)c1. The Labute approximate surface area is 229 Å². The van der Waals surface area contributed by atoms with Gasteiger partial charge in [0.15, 0.2) is 17.5 Å². The fourth-order valence-electron chi connectivity index (χ4n) is 3.59. The minimum atomic E-state index is -0.557. The lowest BCUT2D eigenvalue weighted by molar-refractivity contribution is -0.138. The van der Waals surface area contributed by atoms with Gasteiger partial charge in [-0.15, -0.1) is 0 Å². The maximum Gasteiger partial charge on any atom is 0.330 e. The normalized spacial score (nSPS) is 10.6. The van der Waals surface area contributed by atoms with Crippen molar-refractivity contribution in [3.05, 3.63) is 73.3 Å². The first kappa shape index (κ1) is 27.9. The standard InChI is InChI=1S/C29H27N3O8/c1-3-26(36)40-15-14-39-21-9-11-23(25(35)17-21)29-31-27(18-4-6-19(37-2)7-5-18)30-28(32-29)22-10-8-20(16-24(22)34)38-13-12-33/h3-11,16-17,33-35H,1,12-15H2,2H3. The number of aliphatic hydroxyl groups is 1. The zero-order valence-electron chi connectivity index (χ0n) is 21.6. The number of aromatic hydroxyl groups is 2. The lowest BCUT2D eigenvalue weighted by Crippen LogP contribution is -2.10. The molecule has 0 unspecified atom stereocenters. The highest BCUT2D eigenvalue weighted by Crippen LogP contribution is 2.35. The smallest absolute Gasteiger partial charge is 0.330 e. The summed E-state index contributed by atoms with van der Waals surface area (Å²) in [6.45, 7) is 3.33. The van der Waals surface area contributed by atoms with E-state index >= 15 is 0 Å². The van der Waals surface area contributed by atoms with Gasteiger partial charge in [0.1, 0.15) is 48.6 Å². The van der Waals surface area contributed by atoms with Crippen LogP contribution in [0.1, 0.15) is 0 Å². The van der Waals surface area contributed by atoms with E-state index in [1.54, 1.807) is 55.6 Å². The summed E-state index contributed by atoms with van der Waals surface area (Å²) in [4.78, 5) is 24.8. The van der Waals surface area contributed by atoms with Crippen LogP contribution in [0.5, 0.6) is 28.7 Å². The van der Waals surface area contributed by atoms with Crippen LogP contribution in [0.3, 0.4) is 0 Å². The average Bonchev–Trinajstić information content (AvgIpc) is 2.98. The minimum Gasteiger partial charge on any atom is -0.507 e. The predicted octanol–water partition coefficient (Wildman–Crippen LogP) is 3.77. The number of ether oxygens (including phenoxy) is 4. The molecule has 0 aliphatic rings. The van der Waals surface area contributed by atoms with E-state index < -0.39 is 5.97 Å². The van der Waals surface area contributed by atoms with Crippen LogP contribution in [0.15, 0.2) is 73.3 Å². The molecule has 0 fully saturated rings. The molecule has 11 heteroatoms. The van der Waals surface area contributed by atoms with Crippen molar-refractivity contribution in [2.75, 3.05) is 33.5 Å². The highest BCUT2D eigenvalue weighted by molar-refractivity contribution is 5.81. The average molecular weight is 546 g/mol. The summed E-state index contributed by atoms with van der Waals surface area (Å²) in [6.07, 6.45) is 1.06. The number of carbonyl (C=O) groups excluding carboxylic acids is 1. The van der Waals surface area contributed by atoms with Crippen molar-refractivity contribution in [2.24, 2.45) is 0 Å². The van der Waals surface area contributed by atoms with Gasteiger partial charge in [-0.25, -0.2) is 19.7 Å². The molecule has 0 saturated heterocycles. The lowest BCUT2D eigenvalue weighted by atomic mass is 10.1. The topological polar surface area (TPSA) is 153 Å². The number of benzene rings is 3. The van der Waals surface area contributed by atoms with Crippen molar-refractivity contribution in [3.8, 4) is 62.9 Å². The second kappa shape index (κ2) is 13.1. The van der Waals surface area contributed by atoms with E-state index in [0.717, 1.165) is 6.08 Å². The Hall–Kier alpha value is -5.16. The number of methoxy groups -OCH3 is 1. The van der Waals surface area contributed by atoms with Crippen LogP contribution >= 0.6 is 0 Å². The van der Waals surface area contributed by atoms with Crippen LogP contribution in [0.4, 0.5) is 0 Å². The number of nitrogens with zero attached hydrogens (tertiary/aromatic N) is 3. The second-order valence-electron chi connectivity index (χ2n) is 8.18. The maximum atomic E-state index is 11.2. The Balaban J connectivity index is 1.70. The number of aromatic nitrogens is 3. The van der Waals surface area contributed by atoms with Crippen LogP contribution in [-0.2, 0) is 9.53 Å². The van der Waals surface area contributed by atoms with Crippen molar-refractivity contribution in [3.63, 3.8) is 0 Å². The Morgan fingerprint density at radius 1 is 0.775 bits per heavy atom. The molecule has 0 bridgehead atoms. The molecule has 206 valence electrons. The molecule has 0 radical (unpaired) electrons. The Kier molecular flexibility index (Phi) is 9.11. The molecule has 4 aromatic rings. The highest BCUT2D eigenvalue weighted by atomic mass is 16.6. The molecule has 1 heterocycles. The number of rotatable bonds is 12. The number of carbonyl (C=O) groups is 1. The van der Waals surface area contributed by atoms with Crippen LogP contribution in [0, 0.1) is 0 Å². The van der Waals surface area contributed by atoms with Gasteiger partial charge in [-0.2, -0.15) is 0 Å². The molecular weight excluding hydrogens is 518 g/mol. The molecule has 3 N–H and O–H groups in total. The van der Waals surface area contributed by atoms with E-state index in [0.29, 0.717) is 39.8 Å². The van der Waals surface area contributed by atoms with E-state index in [1.165, 1.54) is 12.1 Å². The van der Waals surface area contributed by atoms with E-state index in [1.807, 2.05) is 0 Å². The van der Waals surface area contributed by atoms with Gasteiger partial charge in [0.05, 0.1) is 24.8 Å². The Morgan fingerprint density at radius 2 is 1.30 bits per heavy atom. The number of hydrogen-bond acceptors (Lipinski definition) is 11. The summed E-state index contributed by atoms with van der Waals surface area (Å²) < 4.78 is 21.0. The first-order chi connectivity index (χ1) is 19.4. The summed E-state index contributed by atoms with van der Waals surface area (Å²) >= 11 is 0. The van der Waals surface area contributed by atoms with Crippen molar-refractivity contribution < 1.29 is 39.1 Å². The van der Waals surface area contributed by atoms with Gasteiger partial charge in [0, 0.05) is 23.8 Å². The van der Waals surface area contributed by atoms with Crippen LogP contribution in [-0.4, -0.2) is 69.8 Å².